The van der Waals surface area contributed by atoms with Crippen LogP contribution in [-0.4, -0.2) is 31.9 Å². The van der Waals surface area contributed by atoms with Gasteiger partial charge in [-0.2, -0.15) is 26.3 Å². The van der Waals surface area contributed by atoms with Crippen LogP contribution in [0.1, 0.15) is 12.8 Å². The van der Waals surface area contributed by atoms with Crippen molar-refractivity contribution in [2.45, 2.75) is 49.9 Å². The third kappa shape index (κ3) is 3.65. The van der Waals surface area contributed by atoms with Crippen LogP contribution in [0.2, 0.25) is 19.1 Å². The van der Waals surface area contributed by atoms with E-state index in [1.807, 2.05) is 13.1 Å². The molecule has 1 N–H and O–H groups in total. The lowest BCUT2D eigenvalue weighted by Crippen LogP contribution is -2.56. The van der Waals surface area contributed by atoms with E-state index in [4.69, 9.17) is 5.11 Å². The van der Waals surface area contributed by atoms with Crippen molar-refractivity contribution in [3.8, 4) is 0 Å². The van der Waals surface area contributed by atoms with Crippen molar-refractivity contribution in [2.75, 3.05) is 0 Å². The second-order valence-electron chi connectivity index (χ2n) is 4.14. The smallest absolute Gasteiger partial charge is 0.374 e. The first kappa shape index (κ1) is 15.8. The lowest BCUT2D eigenvalue weighted by atomic mass is 9.97. The molecule has 8 heteroatoms. The van der Waals surface area contributed by atoms with Gasteiger partial charge in [0.2, 0.25) is 0 Å². The molecule has 0 saturated carbocycles. The van der Waals surface area contributed by atoms with Gasteiger partial charge in [0.1, 0.15) is 0 Å². The minimum atomic E-state index is -5.68. The van der Waals surface area contributed by atoms with Gasteiger partial charge in [-0.25, -0.2) is 0 Å². The first-order chi connectivity index (χ1) is 6.92. The lowest BCUT2D eigenvalue weighted by molar-refractivity contribution is -0.369. The largest absolute Gasteiger partial charge is 0.426 e. The van der Waals surface area contributed by atoms with Crippen LogP contribution in [0, 0.1) is 0 Å². The molecule has 0 aromatic rings. The second kappa shape index (κ2) is 4.95. The van der Waals surface area contributed by atoms with Crippen molar-refractivity contribution in [1.82, 2.24) is 0 Å². The molecule has 0 aliphatic carbocycles. The Labute approximate surface area is 91.1 Å². The molecule has 0 aliphatic rings. The standard InChI is InChI=1S/C8H14F6OSi/c1-16(2)5-3-4-6(15,7(9,10)11)8(12,13)14/h15-16H,3-5H2,1-2H3. The van der Waals surface area contributed by atoms with Crippen LogP contribution in [0.3, 0.4) is 0 Å². The van der Waals surface area contributed by atoms with Gasteiger partial charge in [0.25, 0.3) is 5.60 Å². The fraction of sp³-hybridized carbons (Fsp3) is 1.00. The summed E-state index contributed by atoms with van der Waals surface area (Å²) in [4.78, 5) is 0. The third-order valence-corrected chi connectivity index (χ3v) is 3.82. The van der Waals surface area contributed by atoms with E-state index in [1.54, 1.807) is 0 Å². The lowest BCUT2D eigenvalue weighted by Gasteiger charge is -2.32. The van der Waals surface area contributed by atoms with Gasteiger partial charge in [-0.05, 0) is 6.42 Å². The molecular weight excluding hydrogens is 254 g/mol. The highest BCUT2D eigenvalue weighted by Gasteiger charge is 2.69. The van der Waals surface area contributed by atoms with Gasteiger partial charge in [0.05, 0.1) is 0 Å². The summed E-state index contributed by atoms with van der Waals surface area (Å²) in [6.07, 6.45) is -12.9. The van der Waals surface area contributed by atoms with Crippen LogP contribution >= 0.6 is 0 Å². The summed E-state index contributed by atoms with van der Waals surface area (Å²) in [7, 11) is -1.21. The van der Waals surface area contributed by atoms with E-state index in [0.29, 0.717) is 6.04 Å². The summed E-state index contributed by atoms with van der Waals surface area (Å²) in [6.45, 7) is 3.64. The highest BCUT2D eigenvalue weighted by atomic mass is 28.3. The van der Waals surface area contributed by atoms with Gasteiger partial charge < -0.3 is 5.11 Å². The Morgan fingerprint density at radius 1 is 0.938 bits per heavy atom. The minimum Gasteiger partial charge on any atom is -0.374 e. The summed E-state index contributed by atoms with van der Waals surface area (Å²) >= 11 is 0. The molecule has 0 rings (SSSR count). The van der Waals surface area contributed by atoms with Crippen LogP contribution in [-0.2, 0) is 0 Å². The van der Waals surface area contributed by atoms with Crippen molar-refractivity contribution in [1.29, 1.82) is 0 Å². The van der Waals surface area contributed by atoms with Gasteiger partial charge in [-0.15, -0.1) is 0 Å². The molecule has 98 valence electrons. The van der Waals surface area contributed by atoms with E-state index in [1.165, 1.54) is 0 Å². The summed E-state index contributed by atoms with van der Waals surface area (Å²) < 4.78 is 73.0. The number of alkyl halides is 6. The average molecular weight is 268 g/mol. The number of aliphatic hydroxyl groups is 1. The molecule has 0 aromatic carbocycles. The summed E-state index contributed by atoms with van der Waals surface area (Å²) in [5.41, 5.74) is -4.57. The Bertz CT molecular complexity index is 208. The van der Waals surface area contributed by atoms with E-state index in [9.17, 15) is 26.3 Å². The molecule has 0 amide bonds. The van der Waals surface area contributed by atoms with Crippen molar-refractivity contribution in [2.24, 2.45) is 0 Å². The first-order valence-electron chi connectivity index (χ1n) is 4.77. The molecule has 0 aliphatic heterocycles. The highest BCUT2D eigenvalue weighted by Crippen LogP contribution is 2.46. The molecule has 16 heavy (non-hydrogen) atoms. The van der Waals surface area contributed by atoms with Gasteiger partial charge in [0, 0.05) is 8.80 Å². The van der Waals surface area contributed by atoms with Crippen molar-refractivity contribution in [3.63, 3.8) is 0 Å². The number of halogens is 6. The zero-order valence-corrected chi connectivity index (χ0v) is 10.1. The third-order valence-electron chi connectivity index (χ3n) is 2.26. The van der Waals surface area contributed by atoms with Crippen molar-refractivity contribution in [3.05, 3.63) is 0 Å². The number of hydrogen-bond donors (Lipinski definition) is 1. The minimum absolute atomic E-state index is 0.264. The highest BCUT2D eigenvalue weighted by molar-refractivity contribution is 6.55. The average Bonchev–Trinajstić information content (AvgIpc) is 1.98. The maximum Gasteiger partial charge on any atom is 0.426 e. The van der Waals surface area contributed by atoms with E-state index in [2.05, 4.69) is 0 Å². The Balaban J connectivity index is 4.71. The van der Waals surface area contributed by atoms with Gasteiger partial charge in [0.15, 0.2) is 0 Å². The Kier molecular flexibility index (Phi) is 4.87. The van der Waals surface area contributed by atoms with Crippen LogP contribution in [0.5, 0.6) is 0 Å². The predicted octanol–water partition coefficient (Wildman–Crippen LogP) is 3.11. The maximum absolute atomic E-state index is 12.2. The molecule has 0 radical (unpaired) electrons. The zero-order chi connectivity index (χ0) is 13.2. The van der Waals surface area contributed by atoms with Crippen LogP contribution in [0.15, 0.2) is 0 Å². The zero-order valence-electron chi connectivity index (χ0n) is 8.91. The summed E-state index contributed by atoms with van der Waals surface area (Å²) in [5, 5.41) is 8.76. The van der Waals surface area contributed by atoms with E-state index in [-0.39, 0.29) is 6.42 Å². The summed E-state index contributed by atoms with van der Waals surface area (Å²) in [6, 6.07) is 0.342. The molecule has 0 heterocycles. The fourth-order valence-corrected chi connectivity index (χ4v) is 2.23. The van der Waals surface area contributed by atoms with Crippen LogP contribution in [0.4, 0.5) is 26.3 Å². The Hall–Kier alpha value is -0.243. The molecular formula is C8H14F6OSi. The Morgan fingerprint density at radius 3 is 1.56 bits per heavy atom. The van der Waals surface area contributed by atoms with Gasteiger partial charge in [-0.3, -0.25) is 0 Å². The van der Waals surface area contributed by atoms with E-state index < -0.39 is 33.2 Å². The second-order valence-corrected chi connectivity index (χ2v) is 7.51. The Morgan fingerprint density at radius 2 is 1.31 bits per heavy atom. The molecule has 0 unspecified atom stereocenters. The molecule has 0 bridgehead atoms. The SMILES string of the molecule is C[SiH](C)CCCC(O)(C(F)(F)F)C(F)(F)F. The fourth-order valence-electron chi connectivity index (χ4n) is 1.21. The molecule has 0 spiro atoms. The number of hydrogen-bond acceptors (Lipinski definition) is 1. The monoisotopic (exact) mass is 268 g/mol. The van der Waals surface area contributed by atoms with E-state index >= 15 is 0 Å². The van der Waals surface area contributed by atoms with E-state index in [0.717, 1.165) is 0 Å². The first-order valence-corrected chi connectivity index (χ1v) is 7.90. The maximum atomic E-state index is 12.2. The topological polar surface area (TPSA) is 20.2 Å². The molecule has 0 saturated heterocycles. The van der Waals surface area contributed by atoms with Gasteiger partial charge in [-0.1, -0.05) is 25.6 Å². The normalized spacial score (nSPS) is 14.6. The van der Waals surface area contributed by atoms with Crippen LogP contribution < -0.4 is 0 Å². The quantitative estimate of drug-likeness (QED) is 0.613. The van der Waals surface area contributed by atoms with Crippen molar-refractivity contribution >= 4 is 8.80 Å². The van der Waals surface area contributed by atoms with Crippen LogP contribution in [0.25, 0.3) is 0 Å². The summed E-state index contributed by atoms with van der Waals surface area (Å²) in [5.74, 6) is 0. The molecule has 0 fully saturated rings. The predicted molar refractivity (Wildman–Crippen MR) is 50.0 cm³/mol. The molecule has 0 atom stereocenters. The molecule has 1 nitrogen and oxygen atoms in total. The number of rotatable bonds is 4. The van der Waals surface area contributed by atoms with Crippen molar-refractivity contribution < 1.29 is 31.4 Å². The molecule has 0 aromatic heterocycles. The van der Waals surface area contributed by atoms with Gasteiger partial charge >= 0.3 is 12.4 Å².